The van der Waals surface area contributed by atoms with Crippen LogP contribution in [-0.2, 0) is 9.53 Å². The molecule has 0 saturated carbocycles. The predicted molar refractivity (Wildman–Crippen MR) is 89.8 cm³/mol. The lowest BCUT2D eigenvalue weighted by atomic mass is 9.95. The van der Waals surface area contributed by atoms with Crippen LogP contribution in [0.25, 0.3) is 0 Å². The average molecular weight is 319 g/mol. The van der Waals surface area contributed by atoms with E-state index in [-0.39, 0.29) is 18.4 Å². The molecular weight excluding hydrogens is 294 g/mol. The van der Waals surface area contributed by atoms with E-state index in [0.29, 0.717) is 24.5 Å². The number of rotatable bonds is 8. The maximum absolute atomic E-state index is 11.9. The van der Waals surface area contributed by atoms with Gasteiger partial charge < -0.3 is 14.2 Å². The van der Waals surface area contributed by atoms with Gasteiger partial charge in [0.15, 0.2) is 17.3 Å². The Bertz CT molecular complexity index is 568. The van der Waals surface area contributed by atoms with Crippen molar-refractivity contribution in [3.05, 3.63) is 23.8 Å². The number of Topliss-reactive ketones (excluding diaryl/α,β-unsaturated/α-hetero) is 1. The van der Waals surface area contributed by atoms with Crippen molar-refractivity contribution >= 4 is 11.5 Å². The van der Waals surface area contributed by atoms with Crippen molar-refractivity contribution in [2.75, 3.05) is 27.4 Å². The maximum Gasteiger partial charge on any atom is 0.161 e. The van der Waals surface area contributed by atoms with Gasteiger partial charge in [-0.1, -0.05) is 0 Å². The van der Waals surface area contributed by atoms with E-state index in [1.807, 2.05) is 25.1 Å². The molecule has 0 radical (unpaired) electrons. The van der Waals surface area contributed by atoms with Crippen LogP contribution in [0.5, 0.6) is 11.5 Å². The first-order chi connectivity index (χ1) is 11.2. The summed E-state index contributed by atoms with van der Waals surface area (Å²) in [6.07, 6.45) is 3.37. The van der Waals surface area contributed by atoms with Crippen molar-refractivity contribution in [3.63, 3.8) is 0 Å². The Morgan fingerprint density at radius 2 is 2.04 bits per heavy atom. The third-order valence-corrected chi connectivity index (χ3v) is 3.94. The molecule has 0 aliphatic carbocycles. The normalized spacial score (nSPS) is 17.5. The molecule has 2 rings (SSSR count). The number of carbonyl (C=O) groups is 1. The molecule has 23 heavy (non-hydrogen) atoms. The van der Waals surface area contributed by atoms with E-state index < -0.39 is 0 Å². The summed E-state index contributed by atoms with van der Waals surface area (Å²) in [6.45, 7) is 2.64. The minimum absolute atomic E-state index is 0.0554. The van der Waals surface area contributed by atoms with Crippen LogP contribution in [0.2, 0.25) is 0 Å². The number of benzene rings is 1. The molecule has 0 amide bonds. The smallest absolute Gasteiger partial charge is 0.161 e. The molecule has 1 heterocycles. The lowest BCUT2D eigenvalue weighted by Crippen LogP contribution is -2.21. The zero-order chi connectivity index (χ0) is 16.7. The van der Waals surface area contributed by atoms with Crippen molar-refractivity contribution in [1.82, 2.24) is 0 Å². The highest BCUT2D eigenvalue weighted by Gasteiger charge is 2.20. The van der Waals surface area contributed by atoms with Gasteiger partial charge in [-0.15, -0.1) is 0 Å². The first-order valence-electron chi connectivity index (χ1n) is 8.06. The van der Waals surface area contributed by atoms with Crippen molar-refractivity contribution in [2.24, 2.45) is 4.99 Å². The molecule has 0 fully saturated rings. The summed E-state index contributed by atoms with van der Waals surface area (Å²) in [5.74, 6) is 1.52. The van der Waals surface area contributed by atoms with E-state index in [2.05, 4.69) is 0 Å². The highest BCUT2D eigenvalue weighted by atomic mass is 16.5. The van der Waals surface area contributed by atoms with Crippen LogP contribution in [0.3, 0.4) is 0 Å². The SMILES string of the molecule is CCOCC(=O)CC1CCCC(c2ccc(OC)c(OC)c2)=N1. The summed E-state index contributed by atoms with van der Waals surface area (Å²) in [7, 11) is 3.25. The van der Waals surface area contributed by atoms with Crippen LogP contribution in [0, 0.1) is 0 Å². The molecule has 0 saturated heterocycles. The summed E-state index contributed by atoms with van der Waals surface area (Å²) < 4.78 is 15.8. The standard InChI is InChI=1S/C18H25NO4/c1-4-23-12-15(20)11-14-6-5-7-16(19-14)13-8-9-17(21-2)18(10-13)22-3/h8-10,14H,4-7,11-12H2,1-3H3. The van der Waals surface area contributed by atoms with Gasteiger partial charge in [0.25, 0.3) is 0 Å². The fraction of sp³-hybridized carbons (Fsp3) is 0.556. The molecule has 5 heteroatoms. The summed E-state index contributed by atoms with van der Waals surface area (Å²) in [6, 6.07) is 5.88. The Morgan fingerprint density at radius 3 is 2.74 bits per heavy atom. The Morgan fingerprint density at radius 1 is 1.26 bits per heavy atom. The molecule has 1 aliphatic rings. The molecule has 1 aromatic rings. The van der Waals surface area contributed by atoms with Crippen LogP contribution in [0.1, 0.15) is 38.2 Å². The second-order valence-corrected chi connectivity index (χ2v) is 5.57. The fourth-order valence-electron chi connectivity index (χ4n) is 2.77. The maximum atomic E-state index is 11.9. The van der Waals surface area contributed by atoms with E-state index in [0.717, 1.165) is 30.5 Å². The number of carbonyl (C=O) groups excluding carboxylic acids is 1. The van der Waals surface area contributed by atoms with Gasteiger partial charge in [-0.05, 0) is 49.9 Å². The Labute approximate surface area is 137 Å². The highest BCUT2D eigenvalue weighted by molar-refractivity contribution is 6.01. The molecule has 0 spiro atoms. The summed E-state index contributed by atoms with van der Waals surface area (Å²) in [5.41, 5.74) is 2.07. The monoisotopic (exact) mass is 319 g/mol. The highest BCUT2D eigenvalue weighted by Crippen LogP contribution is 2.29. The van der Waals surface area contributed by atoms with Crippen molar-refractivity contribution in [3.8, 4) is 11.5 Å². The molecule has 0 aromatic heterocycles. The lowest BCUT2D eigenvalue weighted by Gasteiger charge is -2.21. The summed E-state index contributed by atoms with van der Waals surface area (Å²) >= 11 is 0. The van der Waals surface area contributed by atoms with Gasteiger partial charge in [0.1, 0.15) is 6.61 Å². The number of methoxy groups -OCH3 is 2. The van der Waals surface area contributed by atoms with Crippen LogP contribution in [0.4, 0.5) is 0 Å². The Balaban J connectivity index is 2.11. The van der Waals surface area contributed by atoms with Gasteiger partial charge in [0.2, 0.25) is 0 Å². The quantitative estimate of drug-likeness (QED) is 0.739. The van der Waals surface area contributed by atoms with Gasteiger partial charge >= 0.3 is 0 Å². The lowest BCUT2D eigenvalue weighted by molar-refractivity contribution is -0.123. The number of hydrogen-bond acceptors (Lipinski definition) is 5. The minimum Gasteiger partial charge on any atom is -0.493 e. The second-order valence-electron chi connectivity index (χ2n) is 5.57. The molecule has 1 unspecified atom stereocenters. The van der Waals surface area contributed by atoms with Crippen LogP contribution in [0.15, 0.2) is 23.2 Å². The largest absolute Gasteiger partial charge is 0.493 e. The zero-order valence-electron chi connectivity index (χ0n) is 14.1. The van der Waals surface area contributed by atoms with Crippen molar-refractivity contribution in [2.45, 2.75) is 38.6 Å². The van der Waals surface area contributed by atoms with Gasteiger partial charge in [0.05, 0.1) is 20.3 Å². The van der Waals surface area contributed by atoms with Crippen LogP contribution in [-0.4, -0.2) is 45.0 Å². The van der Waals surface area contributed by atoms with Gasteiger partial charge in [-0.2, -0.15) is 0 Å². The summed E-state index contributed by atoms with van der Waals surface area (Å²) in [5, 5.41) is 0. The molecule has 126 valence electrons. The van der Waals surface area contributed by atoms with E-state index in [4.69, 9.17) is 19.2 Å². The van der Waals surface area contributed by atoms with E-state index in [1.54, 1.807) is 14.2 Å². The third kappa shape index (κ3) is 4.79. The molecule has 1 aliphatic heterocycles. The molecule has 0 bridgehead atoms. The van der Waals surface area contributed by atoms with Crippen molar-refractivity contribution in [1.29, 1.82) is 0 Å². The molecule has 5 nitrogen and oxygen atoms in total. The minimum atomic E-state index is 0.0554. The van der Waals surface area contributed by atoms with E-state index in [1.165, 1.54) is 0 Å². The molecule has 1 aromatic carbocycles. The third-order valence-electron chi connectivity index (χ3n) is 3.94. The van der Waals surface area contributed by atoms with Gasteiger partial charge in [-0.3, -0.25) is 9.79 Å². The van der Waals surface area contributed by atoms with E-state index in [9.17, 15) is 4.79 Å². The number of nitrogens with zero attached hydrogens (tertiary/aromatic N) is 1. The van der Waals surface area contributed by atoms with E-state index >= 15 is 0 Å². The van der Waals surface area contributed by atoms with Crippen molar-refractivity contribution < 1.29 is 19.0 Å². The summed E-state index contributed by atoms with van der Waals surface area (Å²) in [4.78, 5) is 16.6. The van der Waals surface area contributed by atoms with Crippen LogP contribution < -0.4 is 9.47 Å². The molecule has 0 N–H and O–H groups in total. The molecular formula is C18H25NO4. The fourth-order valence-corrected chi connectivity index (χ4v) is 2.77. The van der Waals surface area contributed by atoms with Gasteiger partial charge in [0, 0.05) is 18.7 Å². The zero-order valence-corrected chi connectivity index (χ0v) is 14.1. The molecule has 1 atom stereocenters. The number of ether oxygens (including phenoxy) is 3. The number of ketones is 1. The number of hydrogen-bond donors (Lipinski definition) is 0. The first-order valence-corrected chi connectivity index (χ1v) is 8.06. The number of aliphatic imine (C=N–C) groups is 1. The Kier molecular flexibility index (Phi) is 6.59. The van der Waals surface area contributed by atoms with Crippen LogP contribution >= 0.6 is 0 Å². The first kappa shape index (κ1) is 17.5. The Hall–Kier alpha value is -1.88. The predicted octanol–water partition coefficient (Wildman–Crippen LogP) is 3.04. The second kappa shape index (κ2) is 8.67. The van der Waals surface area contributed by atoms with Gasteiger partial charge in [-0.25, -0.2) is 0 Å². The average Bonchev–Trinajstić information content (AvgIpc) is 2.59. The topological polar surface area (TPSA) is 57.1 Å².